The minimum atomic E-state index is -0.639. The molecule has 8 rings (SSSR count). The monoisotopic (exact) mass is 1230 g/mol. The summed E-state index contributed by atoms with van der Waals surface area (Å²) in [6.07, 6.45) is 14.4. The van der Waals surface area contributed by atoms with E-state index in [1.165, 1.54) is 24.5 Å². The van der Waals surface area contributed by atoms with Crippen LogP contribution in [0.3, 0.4) is 0 Å². The van der Waals surface area contributed by atoms with Crippen molar-refractivity contribution in [1.82, 2.24) is 49.5 Å². The molecule has 2 fully saturated rings. The number of rotatable bonds is 13. The number of benzene rings is 2. The maximum Gasteiger partial charge on any atom is 1.00 e. The van der Waals surface area contributed by atoms with Crippen LogP contribution in [0, 0.1) is 41.5 Å². The van der Waals surface area contributed by atoms with Crippen molar-refractivity contribution < 1.29 is 91.6 Å². The number of anilines is 4. The molecule has 88 heavy (non-hydrogen) atoms. The van der Waals surface area contributed by atoms with Crippen LogP contribution in [-0.4, -0.2) is 164 Å². The Balaban J connectivity index is 0.000000327. The molecule has 0 saturated carbocycles. The molecule has 2 saturated heterocycles. The topological polar surface area (TPSA) is 275 Å². The average molecular weight is 1230 g/mol. The summed E-state index contributed by atoms with van der Waals surface area (Å²) in [5.74, 6) is 3.53. The Morgan fingerprint density at radius 1 is 0.602 bits per heavy atom. The molecule has 25 nitrogen and oxygen atoms in total. The SMILES string of the molecule is CC(=O)OOC(C)=O.CC(C)(C)OC(=O)N1CCCNCC1.COc1cc(Nc2ncc(C)c(-n3cc(C)c(C=O)c3)n2)cc(C)c1OC.COc1cc(Nc2ncc(C)c(-n3cc(C)c(CN4CCCNCC4)c3)n2)cc(C)c1OC.[B-]OC(C)=O.[Na+]. The first kappa shape index (κ1) is 74.5. The predicted molar refractivity (Wildman–Crippen MR) is 331 cm³/mol. The molecular weight excluding hydrogens is 1140 g/mol. The van der Waals surface area contributed by atoms with Gasteiger partial charge in [0.1, 0.15) is 17.2 Å². The molecule has 6 heterocycles. The van der Waals surface area contributed by atoms with Crippen molar-refractivity contribution in [2.24, 2.45) is 0 Å². The predicted octanol–water partition coefficient (Wildman–Crippen LogP) is 5.40. The Morgan fingerprint density at radius 2 is 1.07 bits per heavy atom. The van der Waals surface area contributed by atoms with Crippen LogP contribution in [0.4, 0.5) is 28.1 Å². The van der Waals surface area contributed by atoms with Crippen LogP contribution in [-0.2, 0) is 40.1 Å². The Kier molecular flexibility index (Phi) is 31.5. The average Bonchev–Trinajstić information content (AvgIpc) is 3.73. The Labute approximate surface area is 539 Å². The van der Waals surface area contributed by atoms with Gasteiger partial charge >= 0.3 is 47.6 Å². The Hall–Kier alpha value is -7.75. The molecule has 6 aromatic rings. The molecule has 2 aliphatic rings. The maximum atomic E-state index is 11.6. The van der Waals surface area contributed by atoms with Crippen molar-refractivity contribution in [2.75, 3.05) is 91.4 Å². The number of nitrogens with zero attached hydrogens (tertiary/aromatic N) is 8. The van der Waals surface area contributed by atoms with E-state index >= 15 is 0 Å². The molecule has 4 N–H and O–H groups in total. The van der Waals surface area contributed by atoms with Gasteiger partial charge in [-0.15, -0.1) is 0 Å². The van der Waals surface area contributed by atoms with E-state index < -0.39 is 23.5 Å². The van der Waals surface area contributed by atoms with Gasteiger partial charge in [-0.1, -0.05) is 0 Å². The Bertz CT molecular complexity index is 3210. The van der Waals surface area contributed by atoms with Crippen molar-refractivity contribution in [3.05, 3.63) is 106 Å². The number of carbonyl (C=O) groups excluding carboxylic acids is 5. The fraction of sp³-hybridized carbons (Fsp3) is 0.459. The molecule has 0 unspecified atom stereocenters. The van der Waals surface area contributed by atoms with E-state index in [0.717, 1.165) is 136 Å². The van der Waals surface area contributed by atoms with E-state index in [0.29, 0.717) is 40.5 Å². The minimum Gasteiger partial charge on any atom is -0.793 e. The van der Waals surface area contributed by atoms with E-state index in [4.69, 9.17) is 28.7 Å². The molecule has 3 radical (unpaired) electrons. The zero-order valence-corrected chi connectivity index (χ0v) is 56.1. The van der Waals surface area contributed by atoms with E-state index in [1.54, 1.807) is 45.7 Å². The summed E-state index contributed by atoms with van der Waals surface area (Å²) in [4.78, 5) is 82.1. The quantitative estimate of drug-likeness (QED) is 0.0488. The smallest absolute Gasteiger partial charge is 0.793 e. The van der Waals surface area contributed by atoms with Crippen molar-refractivity contribution in [1.29, 1.82) is 0 Å². The second kappa shape index (κ2) is 37.2. The molecule has 471 valence electrons. The van der Waals surface area contributed by atoms with Gasteiger partial charge in [-0.2, -0.15) is 9.97 Å². The van der Waals surface area contributed by atoms with Gasteiger partial charge in [-0.3, -0.25) is 14.5 Å². The number of hydrogen-bond donors (Lipinski definition) is 4. The molecule has 0 atom stereocenters. The molecule has 0 spiro atoms. The first-order valence-corrected chi connectivity index (χ1v) is 28.2. The maximum absolute atomic E-state index is 11.6. The number of aryl methyl sites for hydroxylation is 6. The molecule has 2 aliphatic heterocycles. The van der Waals surface area contributed by atoms with Gasteiger partial charge in [-0.25, -0.2) is 34.1 Å². The zero-order chi connectivity index (χ0) is 64.4. The summed E-state index contributed by atoms with van der Waals surface area (Å²) >= 11 is 0. The molecule has 4 aromatic heterocycles. The first-order valence-electron chi connectivity index (χ1n) is 28.2. The number of aromatic nitrogens is 6. The summed E-state index contributed by atoms with van der Waals surface area (Å²) < 4.78 is 34.5. The van der Waals surface area contributed by atoms with Crippen LogP contribution in [0.2, 0.25) is 0 Å². The number of hydrogen-bond acceptors (Lipinski definition) is 22. The zero-order valence-electron chi connectivity index (χ0n) is 54.1. The van der Waals surface area contributed by atoms with Crippen molar-refractivity contribution >= 4 is 61.6 Å². The van der Waals surface area contributed by atoms with Gasteiger partial charge in [0, 0.05) is 137 Å². The number of aldehydes is 1. The van der Waals surface area contributed by atoms with Gasteiger partial charge in [0.05, 0.1) is 28.4 Å². The van der Waals surface area contributed by atoms with E-state index in [9.17, 15) is 24.0 Å². The number of carbonyl (C=O) groups is 5. The van der Waals surface area contributed by atoms with Gasteiger partial charge < -0.3 is 71.7 Å². The molecule has 0 bridgehead atoms. The van der Waals surface area contributed by atoms with Crippen LogP contribution >= 0.6 is 0 Å². The number of nitrogens with one attached hydrogen (secondary N) is 4. The van der Waals surface area contributed by atoms with E-state index in [1.807, 2.05) is 96.6 Å². The second-order valence-corrected chi connectivity index (χ2v) is 21.2. The molecule has 1 amide bonds. The fourth-order valence-electron chi connectivity index (χ4n) is 8.70. The summed E-state index contributed by atoms with van der Waals surface area (Å²) in [5.41, 5.74) is 9.21. The molecule has 2 aromatic carbocycles. The first-order chi connectivity index (χ1) is 41.3. The minimum absolute atomic E-state index is 0. The third-order valence-electron chi connectivity index (χ3n) is 12.8. The number of amides is 1. The van der Waals surface area contributed by atoms with Crippen molar-refractivity contribution in [3.8, 4) is 34.6 Å². The van der Waals surface area contributed by atoms with Crippen LogP contribution in [0.5, 0.6) is 23.0 Å². The van der Waals surface area contributed by atoms with Crippen molar-refractivity contribution in [3.63, 3.8) is 0 Å². The van der Waals surface area contributed by atoms with Crippen LogP contribution in [0.25, 0.3) is 11.6 Å². The third-order valence-corrected chi connectivity index (χ3v) is 12.8. The molecular formula is C61H85BN12NaO13. The molecule has 27 heteroatoms. The van der Waals surface area contributed by atoms with Gasteiger partial charge in [0.25, 0.3) is 0 Å². The van der Waals surface area contributed by atoms with Gasteiger partial charge in [0.15, 0.2) is 29.3 Å². The number of methoxy groups -OCH3 is 4. The standard InChI is InChI=1S/C25H34N6O2.C20H22N4O3.C10H20N2O2.C4H6O4.C2H3BO2.Na/c1-17-11-21(12-22(32-4)23(17)33-5)28-25-27-13-18(2)24(29-25)31-14-19(3)20(16-31)15-30-9-6-7-26-8-10-30;1-12-6-16(7-17(26-4)18(12)27-5)22-20-21-8-13(2)19(23-20)24-9-14(3)15(10-24)11-25;1-10(2,3)14-9(13)12-7-4-5-11-6-8-12;1-3(5)7-8-4(2)6;1-2(4)5-3;/h11-14,16,26H,6-10,15H2,1-5H3,(H,27,28,29);6-11H,1-5H3,(H,21,22,23);11H,4-8H2,1-3H3;1-2H3;1H3;/q;;;;-1;+1. The van der Waals surface area contributed by atoms with E-state index in [-0.39, 0.29) is 35.7 Å². The summed E-state index contributed by atoms with van der Waals surface area (Å²) in [6.45, 7) is 29.8. The summed E-state index contributed by atoms with van der Waals surface area (Å²) in [5, 5.41) is 13.2. The van der Waals surface area contributed by atoms with Crippen LogP contribution in [0.15, 0.2) is 61.4 Å². The Morgan fingerprint density at radius 3 is 1.50 bits per heavy atom. The van der Waals surface area contributed by atoms with Crippen LogP contribution < -0.4 is 69.8 Å². The largest absolute Gasteiger partial charge is 1.00 e. The van der Waals surface area contributed by atoms with Gasteiger partial charge in [0.2, 0.25) is 17.9 Å². The van der Waals surface area contributed by atoms with E-state index in [2.05, 4.69) is 87.5 Å². The summed E-state index contributed by atoms with van der Waals surface area (Å²) in [7, 11) is 10.8. The van der Waals surface area contributed by atoms with Gasteiger partial charge in [-0.05, 0) is 135 Å². The molecule has 0 aliphatic carbocycles. The number of ether oxygens (including phenoxy) is 5. The van der Waals surface area contributed by atoms with Crippen LogP contribution in [0.1, 0.15) is 104 Å². The van der Waals surface area contributed by atoms with Crippen molar-refractivity contribution in [2.45, 2.75) is 108 Å². The fourth-order valence-corrected chi connectivity index (χ4v) is 8.70. The third kappa shape index (κ3) is 24.4. The summed E-state index contributed by atoms with van der Waals surface area (Å²) in [6, 6.07) is 7.66. The normalized spacial score (nSPS) is 12.9. The second-order valence-electron chi connectivity index (χ2n) is 21.2.